The first-order chi connectivity index (χ1) is 19.7. The Kier molecular flexibility index (Phi) is 8.56. The molecule has 3 aromatic rings. The number of nitrogens with zero attached hydrogens (tertiary/aromatic N) is 3. The lowest BCUT2D eigenvalue weighted by molar-refractivity contribution is -0.137. The molecule has 0 amide bonds. The molecule has 2 aromatic heterocycles. The zero-order valence-corrected chi connectivity index (χ0v) is 23.0. The van der Waals surface area contributed by atoms with Crippen molar-refractivity contribution in [2.45, 2.75) is 69.4 Å². The van der Waals surface area contributed by atoms with Crippen LogP contribution in [0.3, 0.4) is 0 Å². The molecule has 0 aliphatic carbocycles. The number of hydrogen-bond acceptors (Lipinski definition) is 6. The monoisotopic (exact) mass is 576 g/mol. The molecule has 7 nitrogen and oxygen atoms in total. The van der Waals surface area contributed by atoms with Gasteiger partial charge in [0.2, 0.25) is 0 Å². The predicted octanol–water partition coefficient (Wildman–Crippen LogP) is 6.65. The standard InChI is InChI=1S/C29H33F3N4O3S/c1-21(37)11-10-20-36-19-8-4-2-3-5-12-22-13-6-7-14-23(22)28-24(29(30,31)32)17-18-25(33-28)35-40(38,39)27-16-9-15-26(36)34-27/h6-7,9,13-18H,2-5,8,10-12,19-20H2,1H3,(H,33,35)/i5D2. The Labute approximate surface area is 235 Å². The number of anilines is 2. The third-order valence-corrected chi connectivity index (χ3v) is 7.83. The van der Waals surface area contributed by atoms with E-state index in [2.05, 4.69) is 14.7 Å². The quantitative estimate of drug-likeness (QED) is 0.374. The van der Waals surface area contributed by atoms with Crippen LogP contribution in [0.5, 0.6) is 0 Å². The number of alkyl halides is 3. The molecule has 4 bridgehead atoms. The molecule has 0 fully saturated rings. The van der Waals surface area contributed by atoms with Crippen LogP contribution in [-0.2, 0) is 27.4 Å². The lowest BCUT2D eigenvalue weighted by Crippen LogP contribution is -2.28. The van der Waals surface area contributed by atoms with Crippen molar-refractivity contribution in [1.29, 1.82) is 0 Å². The van der Waals surface area contributed by atoms with E-state index in [9.17, 15) is 26.4 Å². The zero-order valence-electron chi connectivity index (χ0n) is 24.2. The van der Waals surface area contributed by atoms with Crippen LogP contribution in [0.15, 0.2) is 59.6 Å². The largest absolute Gasteiger partial charge is 0.418 e. The fraction of sp³-hybridized carbons (Fsp3) is 0.414. The van der Waals surface area contributed by atoms with Gasteiger partial charge in [0.1, 0.15) is 17.4 Å². The number of ketones is 1. The van der Waals surface area contributed by atoms with Gasteiger partial charge in [0, 0.05) is 27.8 Å². The average Bonchev–Trinajstić information content (AvgIpc) is 2.90. The molecular weight excluding hydrogens is 541 g/mol. The van der Waals surface area contributed by atoms with Crippen LogP contribution in [0.1, 0.15) is 65.7 Å². The number of carbonyl (C=O) groups excluding carboxylic acids is 1. The van der Waals surface area contributed by atoms with Crippen LogP contribution < -0.4 is 9.62 Å². The van der Waals surface area contributed by atoms with Gasteiger partial charge in [0.15, 0.2) is 5.03 Å². The first-order valence-corrected chi connectivity index (χ1v) is 14.6. The van der Waals surface area contributed by atoms with Crippen molar-refractivity contribution in [3.8, 4) is 11.3 Å². The van der Waals surface area contributed by atoms with Crippen LogP contribution >= 0.6 is 0 Å². The van der Waals surface area contributed by atoms with Crippen LogP contribution in [0.25, 0.3) is 11.3 Å². The second-order valence-electron chi connectivity index (χ2n) is 9.72. The minimum absolute atomic E-state index is 0.0390. The number of sulfonamides is 1. The van der Waals surface area contributed by atoms with Gasteiger partial charge in [0.25, 0.3) is 10.0 Å². The average molecular weight is 577 g/mol. The third kappa shape index (κ3) is 7.59. The molecule has 0 saturated heterocycles. The number of nitrogens with one attached hydrogen (secondary N) is 1. The number of Topliss-reactive ketones (excluding diaryl/α,β-unsaturated/α-hetero) is 1. The van der Waals surface area contributed by atoms with E-state index in [1.165, 1.54) is 31.2 Å². The minimum Gasteiger partial charge on any atom is -0.357 e. The minimum atomic E-state index is -4.79. The first-order valence-electron chi connectivity index (χ1n) is 14.2. The Morgan fingerprint density at radius 3 is 2.58 bits per heavy atom. The molecule has 4 rings (SSSR count). The van der Waals surface area contributed by atoms with E-state index in [0.29, 0.717) is 56.6 Å². The summed E-state index contributed by atoms with van der Waals surface area (Å²) in [5.74, 6) is 0.0902. The number of aromatic nitrogens is 2. The van der Waals surface area contributed by atoms with Crippen molar-refractivity contribution in [3.63, 3.8) is 0 Å². The number of pyridine rings is 2. The normalized spacial score (nSPS) is 18.2. The summed E-state index contributed by atoms with van der Waals surface area (Å²) in [6, 6.07) is 12.4. The molecule has 1 aliphatic rings. The molecule has 1 N–H and O–H groups in total. The van der Waals surface area contributed by atoms with Crippen molar-refractivity contribution in [2.75, 3.05) is 22.7 Å². The molecule has 40 heavy (non-hydrogen) atoms. The van der Waals surface area contributed by atoms with Gasteiger partial charge < -0.3 is 9.69 Å². The highest BCUT2D eigenvalue weighted by atomic mass is 32.2. The lowest BCUT2D eigenvalue weighted by Gasteiger charge is -2.24. The summed E-state index contributed by atoms with van der Waals surface area (Å²) in [7, 11) is -4.34. The summed E-state index contributed by atoms with van der Waals surface area (Å²) in [5, 5.41) is -0.325. The lowest BCUT2D eigenvalue weighted by atomic mass is 9.96. The Bertz CT molecular complexity index is 1530. The van der Waals surface area contributed by atoms with Crippen molar-refractivity contribution < 1.29 is 29.1 Å². The van der Waals surface area contributed by atoms with E-state index < -0.39 is 33.8 Å². The van der Waals surface area contributed by atoms with Crippen LogP contribution in [0.2, 0.25) is 0 Å². The van der Waals surface area contributed by atoms with E-state index in [1.54, 1.807) is 18.2 Å². The van der Waals surface area contributed by atoms with Crippen molar-refractivity contribution in [3.05, 3.63) is 65.7 Å². The maximum absolute atomic E-state index is 14.1. The number of benzene rings is 1. The van der Waals surface area contributed by atoms with Crippen LogP contribution in [-0.4, -0.2) is 37.3 Å². The van der Waals surface area contributed by atoms with Crippen molar-refractivity contribution >= 4 is 27.4 Å². The zero-order chi connectivity index (χ0) is 30.5. The number of fused-ring (bicyclic) bond motifs is 6. The van der Waals surface area contributed by atoms with Gasteiger partial charge in [-0.15, -0.1) is 0 Å². The van der Waals surface area contributed by atoms with Gasteiger partial charge in [-0.05, 0) is 62.4 Å². The molecule has 214 valence electrons. The second-order valence-corrected chi connectivity index (χ2v) is 11.3. The molecule has 0 saturated carbocycles. The highest BCUT2D eigenvalue weighted by molar-refractivity contribution is 7.92. The molecule has 0 radical (unpaired) electrons. The third-order valence-electron chi connectivity index (χ3n) is 6.57. The van der Waals surface area contributed by atoms with Crippen LogP contribution in [0.4, 0.5) is 24.8 Å². The molecule has 0 atom stereocenters. The summed E-state index contributed by atoms with van der Waals surface area (Å²) in [6.45, 7) is 2.49. The number of aryl methyl sites for hydroxylation is 1. The van der Waals surface area contributed by atoms with Crippen molar-refractivity contribution in [1.82, 2.24) is 9.97 Å². The maximum atomic E-state index is 14.1. The molecule has 0 spiro atoms. The van der Waals surface area contributed by atoms with Gasteiger partial charge in [-0.25, -0.2) is 9.97 Å². The summed E-state index contributed by atoms with van der Waals surface area (Å²) in [6.07, 6.45) is -3.61. The first kappa shape index (κ1) is 26.7. The van der Waals surface area contributed by atoms with Gasteiger partial charge >= 0.3 is 6.18 Å². The summed E-state index contributed by atoms with van der Waals surface area (Å²) < 4.78 is 88.4. The highest BCUT2D eigenvalue weighted by Gasteiger charge is 2.35. The fourth-order valence-corrected chi connectivity index (χ4v) is 5.55. The van der Waals surface area contributed by atoms with Crippen molar-refractivity contribution in [2.24, 2.45) is 0 Å². The molecule has 1 aromatic carbocycles. The van der Waals surface area contributed by atoms with Gasteiger partial charge in [-0.1, -0.05) is 49.6 Å². The van der Waals surface area contributed by atoms with Gasteiger partial charge in [-0.3, -0.25) is 4.72 Å². The van der Waals surface area contributed by atoms with E-state index >= 15 is 0 Å². The smallest absolute Gasteiger partial charge is 0.357 e. The molecule has 1 aliphatic heterocycles. The van der Waals surface area contributed by atoms with E-state index in [-0.39, 0.29) is 35.0 Å². The van der Waals surface area contributed by atoms with E-state index in [0.717, 1.165) is 12.1 Å². The summed E-state index contributed by atoms with van der Waals surface area (Å²) >= 11 is 0. The molecular formula is C29H33F3N4O3S. The van der Waals surface area contributed by atoms with Gasteiger partial charge in [0.05, 0.1) is 11.3 Å². The Morgan fingerprint density at radius 2 is 1.80 bits per heavy atom. The molecule has 11 heteroatoms. The summed E-state index contributed by atoms with van der Waals surface area (Å²) in [4.78, 5) is 21.8. The second kappa shape index (κ2) is 12.8. The van der Waals surface area contributed by atoms with E-state index in [1.807, 2.05) is 4.90 Å². The highest BCUT2D eigenvalue weighted by Crippen LogP contribution is 2.38. The Morgan fingerprint density at radius 1 is 1.02 bits per heavy atom. The Balaban J connectivity index is 1.81. The Hall–Kier alpha value is -3.47. The predicted molar refractivity (Wildman–Crippen MR) is 149 cm³/mol. The van der Waals surface area contributed by atoms with E-state index in [4.69, 9.17) is 2.74 Å². The SMILES string of the molecule is [2H]C1([2H])CCCCCN(CCCC(C)=O)c2cccc(n2)S(=O)(=O)Nc2ccc(C(F)(F)F)c(n2)-c2ccccc2C1. The maximum Gasteiger partial charge on any atom is 0.418 e. The molecule has 3 heterocycles. The number of hydrogen-bond donors (Lipinski definition) is 1. The van der Waals surface area contributed by atoms with Gasteiger partial charge in [-0.2, -0.15) is 21.6 Å². The van der Waals surface area contributed by atoms with Crippen LogP contribution in [0, 0.1) is 0 Å². The fourth-order valence-electron chi connectivity index (χ4n) is 4.59. The number of rotatable bonds is 4. The topological polar surface area (TPSA) is 92.3 Å². The molecule has 0 unspecified atom stereocenters. The number of carbonyl (C=O) groups is 1. The summed E-state index contributed by atoms with van der Waals surface area (Å²) in [5.41, 5.74) is -1.13. The number of halogens is 3.